The number of hydrogen-bond donors (Lipinski definition) is 2. The van der Waals surface area contributed by atoms with E-state index in [1.807, 2.05) is 24.3 Å². The molecule has 21 heavy (non-hydrogen) atoms. The molecular formula is C16H25NO4. The summed E-state index contributed by atoms with van der Waals surface area (Å²) >= 11 is 0. The molecule has 0 aromatic heterocycles. The van der Waals surface area contributed by atoms with Gasteiger partial charge in [0.05, 0.1) is 19.8 Å². The third kappa shape index (κ3) is 6.60. The Morgan fingerprint density at radius 1 is 1.19 bits per heavy atom. The van der Waals surface area contributed by atoms with Crippen molar-refractivity contribution in [3.8, 4) is 5.75 Å². The molecule has 0 radical (unpaired) electrons. The summed E-state index contributed by atoms with van der Waals surface area (Å²) in [6.07, 6.45) is -0.562. The monoisotopic (exact) mass is 295 g/mol. The van der Waals surface area contributed by atoms with Crippen LogP contribution in [-0.4, -0.2) is 43.5 Å². The molecule has 0 aliphatic carbocycles. The van der Waals surface area contributed by atoms with Gasteiger partial charge in [-0.3, -0.25) is 4.79 Å². The van der Waals surface area contributed by atoms with Crippen LogP contribution in [0.15, 0.2) is 24.3 Å². The lowest BCUT2D eigenvalue weighted by molar-refractivity contribution is -0.127. The largest absolute Gasteiger partial charge is 0.481 e. The first-order valence-electron chi connectivity index (χ1n) is 7.27. The van der Waals surface area contributed by atoms with Crippen LogP contribution in [0, 0.1) is 0 Å². The minimum Gasteiger partial charge on any atom is -0.481 e. The molecule has 0 bridgehead atoms. The number of carbonyl (C=O) groups is 1. The van der Waals surface area contributed by atoms with E-state index in [9.17, 15) is 4.79 Å². The Kier molecular flexibility index (Phi) is 7.79. The van der Waals surface area contributed by atoms with Gasteiger partial charge in [-0.15, -0.1) is 0 Å². The van der Waals surface area contributed by atoms with Crippen LogP contribution in [0.5, 0.6) is 5.75 Å². The normalized spacial score (nSPS) is 12.2. The molecule has 5 nitrogen and oxygen atoms in total. The van der Waals surface area contributed by atoms with Crippen molar-refractivity contribution in [3.05, 3.63) is 29.8 Å². The Balaban J connectivity index is 2.34. The Bertz CT molecular complexity index is 417. The number of carbonyl (C=O) groups excluding carboxylic acids is 1. The van der Waals surface area contributed by atoms with Crippen LogP contribution in [0.3, 0.4) is 0 Å². The standard InChI is InChI=1S/C16H25NO4/c1-12(2)14-4-6-15(7-5-14)21-13(3)16(19)17-8-10-20-11-9-18/h4-7,12-13,18H,8-11H2,1-3H3,(H,17,19). The Hall–Kier alpha value is -1.59. The first-order chi connectivity index (χ1) is 10.0. The molecule has 5 heteroatoms. The van der Waals surface area contributed by atoms with Crippen LogP contribution in [0.25, 0.3) is 0 Å². The lowest BCUT2D eigenvalue weighted by atomic mass is 10.0. The van der Waals surface area contributed by atoms with Gasteiger partial charge in [-0.05, 0) is 30.5 Å². The van der Waals surface area contributed by atoms with Gasteiger partial charge in [-0.2, -0.15) is 0 Å². The van der Waals surface area contributed by atoms with E-state index in [4.69, 9.17) is 14.6 Å². The summed E-state index contributed by atoms with van der Waals surface area (Å²) in [7, 11) is 0. The van der Waals surface area contributed by atoms with E-state index >= 15 is 0 Å². The molecule has 1 atom stereocenters. The highest BCUT2D eigenvalue weighted by Crippen LogP contribution is 2.19. The van der Waals surface area contributed by atoms with Gasteiger partial charge in [0.15, 0.2) is 6.10 Å². The summed E-state index contributed by atoms with van der Waals surface area (Å²) in [4.78, 5) is 11.8. The summed E-state index contributed by atoms with van der Waals surface area (Å²) in [5, 5.41) is 11.3. The number of hydrogen-bond acceptors (Lipinski definition) is 4. The lowest BCUT2D eigenvalue weighted by Crippen LogP contribution is -2.38. The van der Waals surface area contributed by atoms with Crippen LogP contribution < -0.4 is 10.1 Å². The first kappa shape index (κ1) is 17.5. The average Bonchev–Trinajstić information content (AvgIpc) is 2.47. The molecule has 1 rings (SSSR count). The Morgan fingerprint density at radius 2 is 1.86 bits per heavy atom. The van der Waals surface area contributed by atoms with Crippen molar-refractivity contribution >= 4 is 5.91 Å². The van der Waals surface area contributed by atoms with E-state index in [0.29, 0.717) is 24.8 Å². The fourth-order valence-electron chi connectivity index (χ4n) is 1.75. The van der Waals surface area contributed by atoms with E-state index in [2.05, 4.69) is 19.2 Å². The molecule has 1 unspecified atom stereocenters. The molecule has 0 aliphatic rings. The second-order valence-corrected chi connectivity index (χ2v) is 5.11. The third-order valence-electron chi connectivity index (χ3n) is 3.01. The van der Waals surface area contributed by atoms with E-state index < -0.39 is 6.10 Å². The highest BCUT2D eigenvalue weighted by atomic mass is 16.5. The molecule has 0 saturated carbocycles. The predicted octanol–water partition coefficient (Wildman–Crippen LogP) is 1.70. The predicted molar refractivity (Wildman–Crippen MR) is 81.5 cm³/mol. The molecule has 1 aromatic rings. The smallest absolute Gasteiger partial charge is 0.260 e. The summed E-state index contributed by atoms with van der Waals surface area (Å²) in [5.41, 5.74) is 1.24. The average molecular weight is 295 g/mol. The zero-order valence-corrected chi connectivity index (χ0v) is 13.0. The van der Waals surface area contributed by atoms with Gasteiger partial charge in [-0.1, -0.05) is 26.0 Å². The zero-order chi connectivity index (χ0) is 15.7. The summed E-state index contributed by atoms with van der Waals surface area (Å²) in [6.45, 7) is 7.01. The van der Waals surface area contributed by atoms with Gasteiger partial charge in [0.25, 0.3) is 5.91 Å². The highest BCUT2D eigenvalue weighted by molar-refractivity contribution is 5.80. The van der Waals surface area contributed by atoms with Gasteiger partial charge in [0, 0.05) is 6.54 Å². The molecule has 0 fully saturated rings. The molecule has 1 amide bonds. The van der Waals surface area contributed by atoms with Gasteiger partial charge < -0.3 is 19.9 Å². The zero-order valence-electron chi connectivity index (χ0n) is 13.0. The van der Waals surface area contributed by atoms with E-state index in [-0.39, 0.29) is 19.1 Å². The number of rotatable bonds is 9. The Morgan fingerprint density at radius 3 is 2.43 bits per heavy atom. The third-order valence-corrected chi connectivity index (χ3v) is 3.01. The van der Waals surface area contributed by atoms with Crippen molar-refractivity contribution in [2.75, 3.05) is 26.4 Å². The summed E-state index contributed by atoms with van der Waals surface area (Å²) in [5.74, 6) is 0.966. The van der Waals surface area contributed by atoms with Crippen LogP contribution in [0.4, 0.5) is 0 Å². The lowest BCUT2D eigenvalue weighted by Gasteiger charge is -2.15. The maximum Gasteiger partial charge on any atom is 0.260 e. The maximum atomic E-state index is 11.8. The maximum absolute atomic E-state index is 11.8. The molecule has 1 aromatic carbocycles. The quantitative estimate of drug-likeness (QED) is 0.681. The van der Waals surface area contributed by atoms with Crippen LogP contribution in [0.1, 0.15) is 32.3 Å². The molecule has 118 valence electrons. The fraction of sp³-hybridized carbons (Fsp3) is 0.562. The minimum atomic E-state index is -0.562. The van der Waals surface area contributed by atoms with Crippen molar-refractivity contribution in [1.82, 2.24) is 5.32 Å². The number of aliphatic hydroxyl groups excluding tert-OH is 1. The van der Waals surface area contributed by atoms with Crippen molar-refractivity contribution in [1.29, 1.82) is 0 Å². The van der Waals surface area contributed by atoms with Crippen molar-refractivity contribution in [2.45, 2.75) is 32.8 Å². The van der Waals surface area contributed by atoms with Crippen molar-refractivity contribution in [2.24, 2.45) is 0 Å². The fourth-order valence-corrected chi connectivity index (χ4v) is 1.75. The van der Waals surface area contributed by atoms with Crippen LogP contribution in [0.2, 0.25) is 0 Å². The van der Waals surface area contributed by atoms with E-state index in [1.54, 1.807) is 6.92 Å². The summed E-state index contributed by atoms with van der Waals surface area (Å²) in [6, 6.07) is 7.77. The van der Waals surface area contributed by atoms with Crippen molar-refractivity contribution < 1.29 is 19.4 Å². The van der Waals surface area contributed by atoms with Crippen molar-refractivity contribution in [3.63, 3.8) is 0 Å². The molecule has 2 N–H and O–H groups in total. The molecule has 0 saturated heterocycles. The number of aliphatic hydroxyl groups is 1. The number of amides is 1. The highest BCUT2D eigenvalue weighted by Gasteiger charge is 2.14. The SMILES string of the molecule is CC(Oc1ccc(C(C)C)cc1)C(=O)NCCOCCO. The summed E-state index contributed by atoms with van der Waals surface area (Å²) < 4.78 is 10.7. The van der Waals surface area contributed by atoms with E-state index in [0.717, 1.165) is 0 Å². The van der Waals surface area contributed by atoms with Crippen LogP contribution >= 0.6 is 0 Å². The van der Waals surface area contributed by atoms with Gasteiger partial charge in [0.2, 0.25) is 0 Å². The molecule has 0 heterocycles. The van der Waals surface area contributed by atoms with Gasteiger partial charge in [0.1, 0.15) is 5.75 Å². The molecule has 0 aliphatic heterocycles. The number of benzene rings is 1. The first-order valence-corrected chi connectivity index (χ1v) is 7.27. The molecule has 0 spiro atoms. The number of nitrogens with one attached hydrogen (secondary N) is 1. The van der Waals surface area contributed by atoms with Crippen LogP contribution in [-0.2, 0) is 9.53 Å². The second kappa shape index (κ2) is 9.37. The second-order valence-electron chi connectivity index (χ2n) is 5.11. The molecular weight excluding hydrogens is 270 g/mol. The van der Waals surface area contributed by atoms with Gasteiger partial charge >= 0.3 is 0 Å². The van der Waals surface area contributed by atoms with E-state index in [1.165, 1.54) is 5.56 Å². The Labute approximate surface area is 126 Å². The number of ether oxygens (including phenoxy) is 2. The van der Waals surface area contributed by atoms with Gasteiger partial charge in [-0.25, -0.2) is 0 Å². The minimum absolute atomic E-state index is 0.0141. The topological polar surface area (TPSA) is 67.8 Å².